The number of nitrogens with zero attached hydrogens (tertiary/aromatic N) is 1. The lowest BCUT2D eigenvalue weighted by Gasteiger charge is -2.26. The van der Waals surface area contributed by atoms with Gasteiger partial charge in [0.25, 0.3) is 0 Å². The van der Waals surface area contributed by atoms with Crippen molar-refractivity contribution in [1.29, 1.82) is 0 Å². The Labute approximate surface area is 278 Å². The molecule has 0 fully saturated rings. The normalized spacial score (nSPS) is 14.8. The number of ether oxygens (including phenoxy) is 5. The van der Waals surface area contributed by atoms with Crippen molar-refractivity contribution in [3.8, 4) is 17.2 Å². The fourth-order valence-electron chi connectivity index (χ4n) is 5.25. The molecule has 0 bridgehead atoms. The number of nitrogens with one attached hydrogen (secondary N) is 1. The van der Waals surface area contributed by atoms with Crippen molar-refractivity contribution < 1.29 is 28.8 Å². The SMILES string of the molecule is COc1cc(/C=C/CCOCCCCCCNCC(O)c2ccc3c(n2)COC(c2ccccc2)O3)ccc1OCc1ccccc1. The van der Waals surface area contributed by atoms with E-state index in [1.54, 1.807) is 7.11 Å². The molecule has 2 atom stereocenters. The van der Waals surface area contributed by atoms with Crippen LogP contribution in [0.3, 0.4) is 0 Å². The minimum Gasteiger partial charge on any atom is -0.493 e. The zero-order chi connectivity index (χ0) is 32.5. The quantitative estimate of drug-likeness (QED) is 0.102. The van der Waals surface area contributed by atoms with Crippen LogP contribution >= 0.6 is 0 Å². The van der Waals surface area contributed by atoms with Crippen LogP contribution in [0.2, 0.25) is 0 Å². The Bertz CT molecular complexity index is 1510. The summed E-state index contributed by atoms with van der Waals surface area (Å²) in [7, 11) is 1.66. The van der Waals surface area contributed by atoms with Crippen molar-refractivity contribution in [1.82, 2.24) is 10.3 Å². The van der Waals surface area contributed by atoms with Crippen LogP contribution in [-0.2, 0) is 22.7 Å². The molecule has 4 aromatic rings. The lowest BCUT2D eigenvalue weighted by atomic mass is 10.1. The van der Waals surface area contributed by atoms with Gasteiger partial charge in [0, 0.05) is 18.7 Å². The van der Waals surface area contributed by atoms with Gasteiger partial charge in [-0.05, 0) is 61.2 Å². The molecule has 2 N–H and O–H groups in total. The maximum Gasteiger partial charge on any atom is 0.227 e. The Balaban J connectivity index is 0.879. The number of hydrogen-bond acceptors (Lipinski definition) is 8. The van der Waals surface area contributed by atoms with Crippen LogP contribution in [0.25, 0.3) is 6.08 Å². The second kappa shape index (κ2) is 18.8. The largest absolute Gasteiger partial charge is 0.493 e. The van der Waals surface area contributed by atoms with Crippen molar-refractivity contribution in [2.45, 2.75) is 57.7 Å². The maximum absolute atomic E-state index is 10.6. The number of aliphatic hydroxyl groups excluding tert-OH is 1. The molecule has 0 saturated heterocycles. The smallest absolute Gasteiger partial charge is 0.227 e. The van der Waals surface area contributed by atoms with E-state index in [9.17, 15) is 5.11 Å². The zero-order valence-electron chi connectivity index (χ0n) is 27.2. The van der Waals surface area contributed by atoms with Gasteiger partial charge in [-0.3, -0.25) is 0 Å². The zero-order valence-corrected chi connectivity index (χ0v) is 27.2. The van der Waals surface area contributed by atoms with Gasteiger partial charge in [-0.2, -0.15) is 0 Å². The first-order valence-corrected chi connectivity index (χ1v) is 16.5. The van der Waals surface area contributed by atoms with E-state index >= 15 is 0 Å². The first kappa shape index (κ1) is 34.1. The average Bonchev–Trinajstić information content (AvgIpc) is 3.13. The second-order valence-electron chi connectivity index (χ2n) is 11.5. The Morgan fingerprint density at radius 2 is 1.72 bits per heavy atom. The lowest BCUT2D eigenvalue weighted by Crippen LogP contribution is -2.24. The van der Waals surface area contributed by atoms with Gasteiger partial charge in [0.2, 0.25) is 6.29 Å². The van der Waals surface area contributed by atoms with Gasteiger partial charge in [0.1, 0.15) is 24.2 Å². The minimum absolute atomic E-state index is 0.347. The Hall–Kier alpha value is -4.21. The molecule has 1 aromatic heterocycles. The number of fused-ring (bicyclic) bond motifs is 1. The van der Waals surface area contributed by atoms with Crippen molar-refractivity contribution in [2.75, 3.05) is 33.4 Å². The maximum atomic E-state index is 10.6. The van der Waals surface area contributed by atoms with Gasteiger partial charge in [-0.1, -0.05) is 91.7 Å². The topological polar surface area (TPSA) is 91.3 Å². The third-order valence-corrected chi connectivity index (χ3v) is 7.87. The average molecular weight is 639 g/mol. The van der Waals surface area contributed by atoms with E-state index in [2.05, 4.69) is 22.5 Å². The predicted octanol–water partition coefficient (Wildman–Crippen LogP) is 7.58. The van der Waals surface area contributed by atoms with Crippen molar-refractivity contribution in [2.24, 2.45) is 0 Å². The molecule has 0 radical (unpaired) electrons. The summed E-state index contributed by atoms with van der Waals surface area (Å²) >= 11 is 0. The van der Waals surface area contributed by atoms with E-state index in [0.717, 1.165) is 73.4 Å². The molecular weight excluding hydrogens is 592 g/mol. The number of unbranched alkanes of at least 4 members (excludes halogenated alkanes) is 3. The highest BCUT2D eigenvalue weighted by Gasteiger charge is 2.24. The summed E-state index contributed by atoms with van der Waals surface area (Å²) < 4.78 is 29.1. The summed E-state index contributed by atoms with van der Waals surface area (Å²) in [6.45, 7) is 3.63. The molecule has 8 nitrogen and oxygen atoms in total. The van der Waals surface area contributed by atoms with E-state index in [1.165, 1.54) is 0 Å². The number of rotatable bonds is 19. The molecule has 2 unspecified atom stereocenters. The first-order valence-electron chi connectivity index (χ1n) is 16.5. The fraction of sp³-hybridized carbons (Fsp3) is 0.359. The molecule has 3 aromatic carbocycles. The Morgan fingerprint density at radius 1 is 0.915 bits per heavy atom. The molecule has 0 amide bonds. The summed E-state index contributed by atoms with van der Waals surface area (Å²) in [4.78, 5) is 4.59. The van der Waals surface area contributed by atoms with Crippen molar-refractivity contribution >= 4 is 6.08 Å². The summed E-state index contributed by atoms with van der Waals surface area (Å²) in [5.74, 6) is 2.15. The van der Waals surface area contributed by atoms with Gasteiger partial charge < -0.3 is 34.1 Å². The van der Waals surface area contributed by atoms with Crippen molar-refractivity contribution in [3.63, 3.8) is 0 Å². The Kier molecular flexibility index (Phi) is 13.7. The second-order valence-corrected chi connectivity index (χ2v) is 11.5. The Morgan fingerprint density at radius 3 is 2.55 bits per heavy atom. The fourth-order valence-corrected chi connectivity index (χ4v) is 5.25. The lowest BCUT2D eigenvalue weighted by molar-refractivity contribution is -0.113. The van der Waals surface area contributed by atoms with Crippen LogP contribution in [0.15, 0.2) is 97.1 Å². The van der Waals surface area contributed by atoms with Crippen LogP contribution in [0.4, 0.5) is 0 Å². The van der Waals surface area contributed by atoms with Gasteiger partial charge >= 0.3 is 0 Å². The van der Waals surface area contributed by atoms with Crippen LogP contribution in [0, 0.1) is 0 Å². The highest BCUT2D eigenvalue weighted by Crippen LogP contribution is 2.33. The van der Waals surface area contributed by atoms with E-state index in [1.807, 2.05) is 91.0 Å². The number of aliphatic hydroxyl groups is 1. The number of pyridine rings is 1. The molecule has 8 heteroatoms. The minimum atomic E-state index is -0.685. The predicted molar refractivity (Wildman–Crippen MR) is 183 cm³/mol. The third-order valence-electron chi connectivity index (χ3n) is 7.87. The standard InChI is InChI=1S/C39H46N2O6/c1-43-38-26-30(19-21-37(38)45-28-31-15-6-4-7-16-31)14-10-13-25-44-24-12-3-2-11-23-40-27-35(42)33-20-22-36-34(41-33)29-46-39(47-36)32-17-8-5-9-18-32/h4-10,14-22,26,35,39-40,42H,2-3,11-13,23-25,27-29H2,1H3/b14-10+. The van der Waals surface area contributed by atoms with E-state index < -0.39 is 12.4 Å². The number of aromatic nitrogens is 1. The highest BCUT2D eigenvalue weighted by atomic mass is 16.7. The molecule has 0 saturated carbocycles. The molecule has 5 rings (SSSR count). The van der Waals surface area contributed by atoms with E-state index in [0.29, 0.717) is 43.5 Å². The van der Waals surface area contributed by atoms with Crippen LogP contribution in [-0.4, -0.2) is 43.5 Å². The third kappa shape index (κ3) is 10.9. The number of benzene rings is 3. The summed E-state index contributed by atoms with van der Waals surface area (Å²) in [6.07, 6.45) is 8.28. The molecule has 1 aliphatic rings. The first-order chi connectivity index (χ1) is 23.2. The van der Waals surface area contributed by atoms with Gasteiger partial charge in [0.15, 0.2) is 11.5 Å². The van der Waals surface area contributed by atoms with Crippen LogP contribution < -0.4 is 19.5 Å². The molecular formula is C39H46N2O6. The molecule has 2 heterocycles. The van der Waals surface area contributed by atoms with Crippen molar-refractivity contribution in [3.05, 3.63) is 125 Å². The van der Waals surface area contributed by atoms with E-state index in [-0.39, 0.29) is 0 Å². The van der Waals surface area contributed by atoms with Crippen LogP contribution in [0.1, 0.15) is 72.6 Å². The summed E-state index contributed by atoms with van der Waals surface area (Å²) in [5, 5.41) is 14.0. The highest BCUT2D eigenvalue weighted by molar-refractivity contribution is 5.55. The summed E-state index contributed by atoms with van der Waals surface area (Å²) in [5.41, 5.74) is 4.48. The van der Waals surface area contributed by atoms with E-state index in [4.69, 9.17) is 23.7 Å². The number of hydrogen-bond donors (Lipinski definition) is 2. The number of methoxy groups -OCH3 is 1. The summed E-state index contributed by atoms with van der Waals surface area (Å²) in [6, 6.07) is 29.6. The van der Waals surface area contributed by atoms with Crippen LogP contribution in [0.5, 0.6) is 17.2 Å². The molecule has 47 heavy (non-hydrogen) atoms. The van der Waals surface area contributed by atoms with Gasteiger partial charge in [-0.25, -0.2) is 4.98 Å². The molecule has 1 aliphatic heterocycles. The molecule has 248 valence electrons. The molecule has 0 spiro atoms. The van der Waals surface area contributed by atoms with Gasteiger partial charge in [0.05, 0.1) is 26.0 Å². The van der Waals surface area contributed by atoms with Gasteiger partial charge in [-0.15, -0.1) is 0 Å². The monoisotopic (exact) mass is 638 g/mol. The molecule has 0 aliphatic carbocycles.